The SMILES string of the molecule is O=C(CN1C(=O)c2cccc([N+](=O)[O-])c2C1=O)N1CCC(c2ccccc2)=N1. The van der Waals surface area contributed by atoms with Gasteiger partial charge in [-0.05, 0) is 11.6 Å². The first-order chi connectivity index (χ1) is 13.5. The van der Waals surface area contributed by atoms with E-state index >= 15 is 0 Å². The summed E-state index contributed by atoms with van der Waals surface area (Å²) in [6.07, 6.45) is 0.559. The molecule has 0 aliphatic carbocycles. The molecule has 2 aliphatic rings. The molecule has 2 aliphatic heterocycles. The lowest BCUT2D eigenvalue weighted by atomic mass is 10.1. The number of benzene rings is 2. The third-order valence-electron chi connectivity index (χ3n) is 4.66. The van der Waals surface area contributed by atoms with Crippen LogP contribution in [0.15, 0.2) is 53.6 Å². The third-order valence-corrected chi connectivity index (χ3v) is 4.66. The summed E-state index contributed by atoms with van der Waals surface area (Å²) in [5.41, 5.74) is 0.847. The molecule has 28 heavy (non-hydrogen) atoms. The topological polar surface area (TPSA) is 113 Å². The second-order valence-corrected chi connectivity index (χ2v) is 6.33. The van der Waals surface area contributed by atoms with Gasteiger partial charge in [0.1, 0.15) is 12.1 Å². The number of hydrogen-bond acceptors (Lipinski definition) is 6. The smallest absolute Gasteiger partial charge is 0.271 e. The van der Waals surface area contributed by atoms with Crippen molar-refractivity contribution in [3.63, 3.8) is 0 Å². The van der Waals surface area contributed by atoms with Gasteiger partial charge in [-0.3, -0.25) is 29.4 Å². The van der Waals surface area contributed by atoms with Crippen molar-refractivity contribution < 1.29 is 19.3 Å². The Morgan fingerprint density at radius 3 is 2.54 bits per heavy atom. The van der Waals surface area contributed by atoms with Gasteiger partial charge in [0, 0.05) is 12.5 Å². The molecular weight excluding hydrogens is 364 g/mol. The Morgan fingerprint density at radius 2 is 1.82 bits per heavy atom. The van der Waals surface area contributed by atoms with E-state index in [1.54, 1.807) is 0 Å². The highest BCUT2D eigenvalue weighted by molar-refractivity contribution is 6.24. The summed E-state index contributed by atoms with van der Waals surface area (Å²) in [6, 6.07) is 13.2. The van der Waals surface area contributed by atoms with Crippen LogP contribution >= 0.6 is 0 Å². The van der Waals surface area contributed by atoms with Crippen LogP contribution in [0.2, 0.25) is 0 Å². The molecule has 9 nitrogen and oxygen atoms in total. The van der Waals surface area contributed by atoms with Crippen LogP contribution in [-0.4, -0.2) is 51.4 Å². The van der Waals surface area contributed by atoms with Crippen LogP contribution in [0.1, 0.15) is 32.7 Å². The van der Waals surface area contributed by atoms with Gasteiger partial charge in [-0.1, -0.05) is 36.4 Å². The van der Waals surface area contributed by atoms with E-state index in [4.69, 9.17) is 0 Å². The Labute approximate surface area is 159 Å². The zero-order valence-corrected chi connectivity index (χ0v) is 14.6. The van der Waals surface area contributed by atoms with Gasteiger partial charge < -0.3 is 0 Å². The largest absolute Gasteiger partial charge is 0.282 e. The lowest BCUT2D eigenvalue weighted by Gasteiger charge is -2.17. The summed E-state index contributed by atoms with van der Waals surface area (Å²) >= 11 is 0. The molecule has 0 radical (unpaired) electrons. The van der Waals surface area contributed by atoms with Gasteiger partial charge in [-0.25, -0.2) is 5.01 Å². The fourth-order valence-corrected chi connectivity index (χ4v) is 3.30. The molecule has 2 aromatic rings. The molecule has 0 atom stereocenters. The van der Waals surface area contributed by atoms with Gasteiger partial charge in [-0.15, -0.1) is 0 Å². The maximum absolute atomic E-state index is 12.6. The quantitative estimate of drug-likeness (QED) is 0.457. The van der Waals surface area contributed by atoms with Crippen LogP contribution in [0.4, 0.5) is 5.69 Å². The summed E-state index contributed by atoms with van der Waals surface area (Å²) in [6.45, 7) is -0.179. The van der Waals surface area contributed by atoms with Crippen LogP contribution in [0.5, 0.6) is 0 Å². The van der Waals surface area contributed by atoms with Crippen LogP contribution in [0.3, 0.4) is 0 Å². The molecule has 2 heterocycles. The average Bonchev–Trinajstić information content (AvgIpc) is 3.29. The fourth-order valence-electron chi connectivity index (χ4n) is 3.30. The van der Waals surface area contributed by atoms with Crippen molar-refractivity contribution in [2.45, 2.75) is 6.42 Å². The van der Waals surface area contributed by atoms with Gasteiger partial charge in [-0.2, -0.15) is 5.10 Å². The number of carbonyl (C=O) groups is 3. The van der Waals surface area contributed by atoms with Gasteiger partial charge >= 0.3 is 0 Å². The minimum Gasteiger partial charge on any atom is -0.271 e. The van der Waals surface area contributed by atoms with Crippen LogP contribution < -0.4 is 0 Å². The van der Waals surface area contributed by atoms with E-state index in [9.17, 15) is 24.5 Å². The normalized spacial score (nSPS) is 15.6. The lowest BCUT2D eigenvalue weighted by Crippen LogP contribution is -2.40. The molecule has 0 aromatic heterocycles. The van der Waals surface area contributed by atoms with Crippen molar-refractivity contribution in [3.05, 3.63) is 75.3 Å². The second-order valence-electron chi connectivity index (χ2n) is 6.33. The van der Waals surface area contributed by atoms with E-state index in [1.165, 1.54) is 17.1 Å². The van der Waals surface area contributed by atoms with Crippen molar-refractivity contribution in [1.82, 2.24) is 9.91 Å². The maximum atomic E-state index is 12.6. The number of nitrogens with zero attached hydrogens (tertiary/aromatic N) is 4. The number of carbonyl (C=O) groups excluding carboxylic acids is 3. The van der Waals surface area contributed by atoms with Crippen molar-refractivity contribution in [2.75, 3.05) is 13.1 Å². The number of hydrogen-bond donors (Lipinski definition) is 0. The highest BCUT2D eigenvalue weighted by Crippen LogP contribution is 2.30. The first-order valence-corrected chi connectivity index (χ1v) is 8.54. The fraction of sp³-hybridized carbons (Fsp3) is 0.158. The number of rotatable bonds is 4. The molecule has 4 rings (SSSR count). The van der Waals surface area contributed by atoms with Crippen LogP contribution in [0.25, 0.3) is 0 Å². The Hall–Kier alpha value is -3.88. The Balaban J connectivity index is 1.54. The first-order valence-electron chi connectivity index (χ1n) is 8.54. The molecule has 2 aromatic carbocycles. The number of nitro groups is 1. The first kappa shape index (κ1) is 17.5. The number of hydrazone groups is 1. The predicted molar refractivity (Wildman–Crippen MR) is 97.8 cm³/mol. The van der Waals surface area contributed by atoms with Crippen molar-refractivity contribution in [1.29, 1.82) is 0 Å². The second kappa shape index (κ2) is 6.69. The minimum atomic E-state index is -0.841. The monoisotopic (exact) mass is 378 g/mol. The highest BCUT2D eigenvalue weighted by atomic mass is 16.6. The van der Waals surface area contributed by atoms with Crippen molar-refractivity contribution in [3.8, 4) is 0 Å². The van der Waals surface area contributed by atoms with Crippen molar-refractivity contribution >= 4 is 29.1 Å². The standard InChI is InChI=1S/C19H14N4O5/c24-16(22-10-9-14(20-22)12-5-2-1-3-6-12)11-21-18(25)13-7-4-8-15(23(27)28)17(13)19(21)26/h1-8H,9-11H2. The van der Waals surface area contributed by atoms with E-state index in [-0.39, 0.29) is 11.1 Å². The van der Waals surface area contributed by atoms with Gasteiger partial charge in [0.25, 0.3) is 23.4 Å². The average molecular weight is 378 g/mol. The Kier molecular flexibility index (Phi) is 4.19. The summed E-state index contributed by atoms with van der Waals surface area (Å²) in [5.74, 6) is -2.08. The number of fused-ring (bicyclic) bond motifs is 1. The molecule has 0 unspecified atom stereocenters. The number of nitro benzene ring substituents is 1. The van der Waals surface area contributed by atoms with E-state index in [2.05, 4.69) is 5.10 Å². The van der Waals surface area contributed by atoms with E-state index < -0.39 is 34.9 Å². The Bertz CT molecular complexity index is 1050. The Morgan fingerprint density at radius 1 is 1.07 bits per heavy atom. The summed E-state index contributed by atoms with van der Waals surface area (Å²) < 4.78 is 0. The molecule has 3 amide bonds. The van der Waals surface area contributed by atoms with E-state index in [0.29, 0.717) is 13.0 Å². The molecule has 0 fully saturated rings. The maximum Gasteiger partial charge on any atom is 0.282 e. The van der Waals surface area contributed by atoms with Crippen LogP contribution in [0, 0.1) is 10.1 Å². The molecule has 0 saturated carbocycles. The van der Waals surface area contributed by atoms with Crippen molar-refractivity contribution in [2.24, 2.45) is 5.10 Å². The lowest BCUT2D eigenvalue weighted by molar-refractivity contribution is -0.385. The zero-order chi connectivity index (χ0) is 19.8. The van der Waals surface area contributed by atoms with Gasteiger partial charge in [0.05, 0.1) is 22.7 Å². The highest BCUT2D eigenvalue weighted by Gasteiger charge is 2.42. The van der Waals surface area contributed by atoms with Gasteiger partial charge in [0.2, 0.25) is 0 Å². The summed E-state index contributed by atoms with van der Waals surface area (Å²) in [7, 11) is 0. The molecular formula is C19H14N4O5. The minimum absolute atomic E-state index is 0.0677. The molecule has 0 spiro atoms. The molecule has 9 heteroatoms. The molecule has 0 bridgehead atoms. The van der Waals surface area contributed by atoms with Crippen LogP contribution in [-0.2, 0) is 4.79 Å². The zero-order valence-electron chi connectivity index (χ0n) is 14.6. The van der Waals surface area contributed by atoms with E-state index in [0.717, 1.165) is 22.2 Å². The number of imide groups is 1. The third kappa shape index (κ3) is 2.82. The van der Waals surface area contributed by atoms with E-state index in [1.807, 2.05) is 30.3 Å². The summed E-state index contributed by atoms with van der Waals surface area (Å²) in [5, 5.41) is 16.7. The molecule has 140 valence electrons. The molecule has 0 saturated heterocycles. The number of amides is 3. The van der Waals surface area contributed by atoms with Gasteiger partial charge in [0.15, 0.2) is 0 Å². The predicted octanol–water partition coefficient (Wildman–Crippen LogP) is 1.83. The molecule has 0 N–H and O–H groups in total. The summed E-state index contributed by atoms with van der Waals surface area (Å²) in [4.78, 5) is 48.8.